The molecule has 0 radical (unpaired) electrons. The molecule has 2 atom stereocenters. The first-order valence-corrected chi connectivity index (χ1v) is 10.3. The normalized spacial score (nSPS) is 28.2. The SMILES string of the molecule is COc1ccc(N2C(=O)[C@H]3C4c5ccccc5C(Cl)(c5ccccc54)[C@H]3C2=O)cc1. The molecule has 1 heterocycles. The smallest absolute Gasteiger partial charge is 0.240 e. The van der Waals surface area contributed by atoms with E-state index in [9.17, 15) is 9.59 Å². The molecule has 7 rings (SSSR count). The van der Waals surface area contributed by atoms with Gasteiger partial charge >= 0.3 is 0 Å². The third kappa shape index (κ3) is 1.97. The molecule has 4 aliphatic rings. The van der Waals surface area contributed by atoms with E-state index in [4.69, 9.17) is 16.3 Å². The van der Waals surface area contributed by atoms with Crippen molar-refractivity contribution in [3.8, 4) is 5.75 Å². The zero-order valence-electron chi connectivity index (χ0n) is 16.2. The van der Waals surface area contributed by atoms with E-state index >= 15 is 0 Å². The number of imide groups is 1. The zero-order valence-corrected chi connectivity index (χ0v) is 17.0. The molecule has 2 amide bonds. The van der Waals surface area contributed by atoms with Gasteiger partial charge < -0.3 is 4.74 Å². The molecule has 4 nitrogen and oxygen atoms in total. The number of benzene rings is 3. The minimum absolute atomic E-state index is 0.178. The van der Waals surface area contributed by atoms with Crippen molar-refractivity contribution in [1.29, 1.82) is 0 Å². The average molecular weight is 416 g/mol. The van der Waals surface area contributed by atoms with E-state index in [1.54, 1.807) is 31.4 Å². The molecule has 0 aromatic heterocycles. The largest absolute Gasteiger partial charge is 0.497 e. The Bertz CT molecular complexity index is 1170. The summed E-state index contributed by atoms with van der Waals surface area (Å²) < 4.78 is 5.22. The molecule has 5 heteroatoms. The van der Waals surface area contributed by atoms with Crippen LogP contribution in [0.3, 0.4) is 0 Å². The molecule has 30 heavy (non-hydrogen) atoms. The summed E-state index contributed by atoms with van der Waals surface area (Å²) in [6, 6.07) is 22.9. The molecule has 2 bridgehead atoms. The Hall–Kier alpha value is -3.11. The maximum Gasteiger partial charge on any atom is 0.240 e. The lowest BCUT2D eigenvalue weighted by molar-refractivity contribution is -0.122. The van der Waals surface area contributed by atoms with Crippen molar-refractivity contribution < 1.29 is 14.3 Å². The minimum atomic E-state index is -1.05. The summed E-state index contributed by atoms with van der Waals surface area (Å²) in [5.41, 5.74) is 4.52. The van der Waals surface area contributed by atoms with E-state index in [1.165, 1.54) is 4.90 Å². The number of rotatable bonds is 2. The first-order valence-electron chi connectivity index (χ1n) is 9.97. The Morgan fingerprint density at radius 1 is 0.833 bits per heavy atom. The average Bonchev–Trinajstić information content (AvgIpc) is 3.06. The molecule has 1 aliphatic heterocycles. The van der Waals surface area contributed by atoms with Crippen molar-refractivity contribution in [3.63, 3.8) is 0 Å². The molecule has 0 unspecified atom stereocenters. The van der Waals surface area contributed by atoms with E-state index in [-0.39, 0.29) is 17.7 Å². The van der Waals surface area contributed by atoms with Crippen molar-refractivity contribution >= 4 is 29.1 Å². The maximum atomic E-state index is 13.7. The van der Waals surface area contributed by atoms with Crippen LogP contribution in [0.4, 0.5) is 5.69 Å². The molecule has 0 spiro atoms. The van der Waals surface area contributed by atoms with Crippen LogP contribution in [-0.4, -0.2) is 18.9 Å². The van der Waals surface area contributed by atoms with Crippen molar-refractivity contribution in [1.82, 2.24) is 0 Å². The fraction of sp³-hybridized carbons (Fsp3) is 0.200. The number of hydrogen-bond donors (Lipinski definition) is 0. The predicted octanol–water partition coefficient (Wildman–Crippen LogP) is 4.44. The van der Waals surface area contributed by atoms with Crippen molar-refractivity contribution in [2.75, 3.05) is 12.0 Å². The summed E-state index contributed by atoms with van der Waals surface area (Å²) >= 11 is 7.40. The van der Waals surface area contributed by atoms with Gasteiger partial charge in [-0.25, -0.2) is 4.90 Å². The van der Waals surface area contributed by atoms with Gasteiger partial charge in [0.2, 0.25) is 11.8 Å². The van der Waals surface area contributed by atoms with Gasteiger partial charge in [0.1, 0.15) is 10.6 Å². The van der Waals surface area contributed by atoms with Gasteiger partial charge in [0.05, 0.1) is 24.6 Å². The van der Waals surface area contributed by atoms with Crippen LogP contribution in [0.2, 0.25) is 0 Å². The van der Waals surface area contributed by atoms with Crippen LogP contribution in [0.1, 0.15) is 28.2 Å². The maximum absolute atomic E-state index is 13.7. The molecular formula is C25H18ClNO3. The Balaban J connectivity index is 1.57. The number of alkyl halides is 1. The highest BCUT2D eigenvalue weighted by Crippen LogP contribution is 2.65. The molecule has 148 valence electrons. The predicted molar refractivity (Wildman–Crippen MR) is 114 cm³/mol. The minimum Gasteiger partial charge on any atom is -0.497 e. The van der Waals surface area contributed by atoms with Crippen molar-refractivity contribution in [2.45, 2.75) is 10.8 Å². The number of anilines is 1. The third-order valence-electron chi connectivity index (χ3n) is 6.85. The van der Waals surface area contributed by atoms with Crippen LogP contribution in [0.15, 0.2) is 72.8 Å². The summed E-state index contributed by atoms with van der Waals surface area (Å²) in [7, 11) is 1.58. The number of carbonyl (C=O) groups is 2. The van der Waals surface area contributed by atoms with Gasteiger partial charge in [-0.15, -0.1) is 11.6 Å². The Labute approximate surface area is 179 Å². The van der Waals surface area contributed by atoms with Crippen LogP contribution in [0.25, 0.3) is 0 Å². The van der Waals surface area contributed by atoms with Gasteiger partial charge in [-0.3, -0.25) is 9.59 Å². The van der Waals surface area contributed by atoms with E-state index in [0.29, 0.717) is 11.4 Å². The Kier molecular flexibility index (Phi) is 3.52. The van der Waals surface area contributed by atoms with Gasteiger partial charge in [-0.2, -0.15) is 0 Å². The lowest BCUT2D eigenvalue weighted by atomic mass is 9.54. The van der Waals surface area contributed by atoms with Crippen LogP contribution in [0, 0.1) is 11.8 Å². The number of amides is 2. The zero-order chi connectivity index (χ0) is 20.6. The summed E-state index contributed by atoms with van der Waals surface area (Å²) in [5, 5.41) is 0. The van der Waals surface area contributed by atoms with Gasteiger partial charge in [0, 0.05) is 5.92 Å². The van der Waals surface area contributed by atoms with E-state index in [1.807, 2.05) is 48.5 Å². The number of hydrogen-bond acceptors (Lipinski definition) is 3. The molecular weight excluding hydrogens is 398 g/mol. The van der Waals surface area contributed by atoms with Crippen molar-refractivity contribution in [3.05, 3.63) is 95.1 Å². The fourth-order valence-electron chi connectivity index (χ4n) is 5.66. The first-order chi connectivity index (χ1) is 14.6. The number of methoxy groups -OCH3 is 1. The third-order valence-corrected chi connectivity index (χ3v) is 7.49. The standard InChI is InChI=1S/C25H18ClNO3/c1-30-15-12-10-14(11-13-15)27-23(28)21-20-16-6-2-4-8-18(16)25(26,22(21)24(27)29)19-9-5-3-7-17(19)20/h2-13,20-22H,1H3/t20?,21-,22+,25?/m0/s1. The second-order valence-corrected chi connectivity index (χ2v) is 8.67. The number of halogens is 1. The lowest BCUT2D eigenvalue weighted by Gasteiger charge is -2.50. The number of ether oxygens (including phenoxy) is 1. The highest BCUT2D eigenvalue weighted by Gasteiger charge is 2.67. The topological polar surface area (TPSA) is 46.6 Å². The summed E-state index contributed by atoms with van der Waals surface area (Å²) in [6.45, 7) is 0. The monoisotopic (exact) mass is 415 g/mol. The second kappa shape index (κ2) is 5.96. The molecule has 3 aliphatic carbocycles. The first kappa shape index (κ1) is 17.7. The highest BCUT2D eigenvalue weighted by molar-refractivity contribution is 6.33. The molecule has 1 saturated heterocycles. The Morgan fingerprint density at radius 3 is 1.97 bits per heavy atom. The lowest BCUT2D eigenvalue weighted by Crippen LogP contribution is -2.50. The summed E-state index contributed by atoms with van der Waals surface area (Å²) in [5.74, 6) is -1.08. The molecule has 3 aromatic rings. The number of carbonyl (C=O) groups excluding carboxylic acids is 2. The van der Waals surface area contributed by atoms with E-state index in [0.717, 1.165) is 22.3 Å². The highest BCUT2D eigenvalue weighted by atomic mass is 35.5. The Morgan fingerprint density at radius 2 is 1.40 bits per heavy atom. The van der Waals surface area contributed by atoms with Gasteiger partial charge in [-0.1, -0.05) is 48.5 Å². The van der Waals surface area contributed by atoms with E-state index in [2.05, 4.69) is 0 Å². The summed E-state index contributed by atoms with van der Waals surface area (Å²) in [4.78, 5) is 27.6. The van der Waals surface area contributed by atoms with E-state index < -0.39 is 16.7 Å². The number of nitrogens with zero attached hydrogens (tertiary/aromatic N) is 1. The molecule has 1 fully saturated rings. The van der Waals surface area contributed by atoms with Crippen LogP contribution in [0.5, 0.6) is 5.75 Å². The van der Waals surface area contributed by atoms with Crippen LogP contribution in [-0.2, 0) is 14.5 Å². The molecule has 3 aromatic carbocycles. The van der Waals surface area contributed by atoms with Gasteiger partial charge in [0.15, 0.2) is 0 Å². The molecule has 0 saturated carbocycles. The van der Waals surface area contributed by atoms with Gasteiger partial charge in [-0.05, 0) is 46.5 Å². The second-order valence-electron chi connectivity index (χ2n) is 8.08. The fourth-order valence-corrected chi connectivity index (χ4v) is 6.24. The van der Waals surface area contributed by atoms with Crippen molar-refractivity contribution in [2.24, 2.45) is 11.8 Å². The van der Waals surface area contributed by atoms with Crippen LogP contribution >= 0.6 is 11.6 Å². The van der Waals surface area contributed by atoms with Gasteiger partial charge in [0.25, 0.3) is 0 Å². The molecule has 0 N–H and O–H groups in total. The van der Waals surface area contributed by atoms with Crippen LogP contribution < -0.4 is 9.64 Å². The quantitative estimate of drug-likeness (QED) is 0.459. The summed E-state index contributed by atoms with van der Waals surface area (Å²) in [6.07, 6.45) is 0.